The van der Waals surface area contributed by atoms with Crippen LogP contribution in [0.2, 0.25) is 0 Å². The summed E-state index contributed by atoms with van der Waals surface area (Å²) < 4.78 is 31.9. The number of carbonyl (C=O) groups is 1. The predicted molar refractivity (Wildman–Crippen MR) is 84.1 cm³/mol. The largest absolute Gasteiger partial charge is 0.443 e. The first kappa shape index (κ1) is 16.8. The minimum atomic E-state index is -3.89. The Morgan fingerprint density at radius 3 is 2.14 bits per heavy atom. The van der Waals surface area contributed by atoms with Gasteiger partial charge < -0.3 is 4.74 Å². The third-order valence-electron chi connectivity index (χ3n) is 3.56. The number of sulfonamides is 1. The summed E-state index contributed by atoms with van der Waals surface area (Å²) >= 11 is 0. The molecule has 0 atom stereocenters. The topological polar surface area (TPSA) is 63.7 Å². The maximum Gasteiger partial charge on any atom is 0.424 e. The van der Waals surface area contributed by atoms with Crippen molar-refractivity contribution < 1.29 is 17.9 Å². The van der Waals surface area contributed by atoms with Crippen molar-refractivity contribution in [1.82, 2.24) is 4.31 Å². The lowest BCUT2D eigenvalue weighted by Gasteiger charge is -2.37. The number of nitrogens with zero attached hydrogens (tertiary/aromatic N) is 1. The van der Waals surface area contributed by atoms with Crippen molar-refractivity contribution in [1.29, 1.82) is 0 Å². The van der Waals surface area contributed by atoms with Gasteiger partial charge in [-0.15, -0.1) is 0 Å². The van der Waals surface area contributed by atoms with Crippen LogP contribution in [0.3, 0.4) is 0 Å². The van der Waals surface area contributed by atoms with E-state index in [1.807, 2.05) is 6.92 Å². The smallest absolute Gasteiger partial charge is 0.424 e. The van der Waals surface area contributed by atoms with Gasteiger partial charge in [-0.25, -0.2) is 13.2 Å². The van der Waals surface area contributed by atoms with Crippen LogP contribution in [0.5, 0.6) is 0 Å². The molecule has 1 aliphatic carbocycles. The zero-order valence-electron chi connectivity index (χ0n) is 13.5. The molecule has 1 amide bonds. The molecule has 0 heterocycles. The lowest BCUT2D eigenvalue weighted by Crippen LogP contribution is -2.49. The molecular formula is C16H23NO4S. The van der Waals surface area contributed by atoms with Gasteiger partial charge >= 0.3 is 6.09 Å². The van der Waals surface area contributed by atoms with Gasteiger partial charge in [0, 0.05) is 0 Å². The van der Waals surface area contributed by atoms with Crippen molar-refractivity contribution in [2.45, 2.75) is 63.5 Å². The molecule has 22 heavy (non-hydrogen) atoms. The molecule has 1 saturated carbocycles. The van der Waals surface area contributed by atoms with Crippen LogP contribution in [0.25, 0.3) is 0 Å². The monoisotopic (exact) mass is 325 g/mol. The second kappa shape index (κ2) is 5.91. The van der Waals surface area contributed by atoms with E-state index in [1.165, 1.54) is 12.1 Å². The quantitative estimate of drug-likeness (QED) is 0.853. The van der Waals surface area contributed by atoms with Crippen molar-refractivity contribution in [2.75, 3.05) is 0 Å². The average molecular weight is 325 g/mol. The third kappa shape index (κ3) is 3.61. The standard InChI is InChI=1S/C16H23NO4S/c1-12-8-10-14(11-9-12)22(19,20)17(13-6-5-7-13)15(18)21-16(2,3)4/h8-11,13H,5-7H2,1-4H3. The summed E-state index contributed by atoms with van der Waals surface area (Å²) in [6, 6.07) is 6.20. The SMILES string of the molecule is Cc1ccc(S(=O)(=O)N(C(=O)OC(C)(C)C)C2CCC2)cc1. The van der Waals surface area contributed by atoms with Crippen LogP contribution in [0.1, 0.15) is 45.6 Å². The van der Waals surface area contributed by atoms with E-state index in [0.717, 1.165) is 16.3 Å². The zero-order chi connectivity index (χ0) is 16.5. The fourth-order valence-corrected chi connectivity index (χ4v) is 3.74. The molecule has 0 saturated heterocycles. The molecule has 0 aliphatic heterocycles. The van der Waals surface area contributed by atoms with Crippen LogP contribution >= 0.6 is 0 Å². The lowest BCUT2D eigenvalue weighted by atomic mass is 9.93. The summed E-state index contributed by atoms with van der Waals surface area (Å²) in [5.41, 5.74) is 0.230. The molecule has 0 aromatic heterocycles. The highest BCUT2D eigenvalue weighted by atomic mass is 32.2. The van der Waals surface area contributed by atoms with Crippen LogP contribution in [-0.2, 0) is 14.8 Å². The first-order valence-electron chi connectivity index (χ1n) is 7.45. The van der Waals surface area contributed by atoms with E-state index in [2.05, 4.69) is 0 Å². The molecule has 0 spiro atoms. The Bertz CT molecular complexity index is 640. The van der Waals surface area contributed by atoms with Gasteiger partial charge in [0.2, 0.25) is 0 Å². The van der Waals surface area contributed by atoms with E-state index >= 15 is 0 Å². The van der Waals surface area contributed by atoms with Gasteiger partial charge in [0.1, 0.15) is 5.60 Å². The van der Waals surface area contributed by atoms with Crippen molar-refractivity contribution >= 4 is 16.1 Å². The van der Waals surface area contributed by atoms with Gasteiger partial charge in [-0.1, -0.05) is 17.7 Å². The van der Waals surface area contributed by atoms with E-state index < -0.39 is 21.7 Å². The normalized spacial score (nSPS) is 16.0. The van der Waals surface area contributed by atoms with Crippen LogP contribution < -0.4 is 0 Å². The maximum absolute atomic E-state index is 12.8. The molecule has 0 bridgehead atoms. The molecular weight excluding hydrogens is 302 g/mol. The number of ether oxygens (including phenoxy) is 1. The van der Waals surface area contributed by atoms with Crippen LogP contribution in [0.4, 0.5) is 4.79 Å². The molecule has 5 nitrogen and oxygen atoms in total. The Kier molecular flexibility index (Phi) is 4.52. The van der Waals surface area contributed by atoms with Crippen LogP contribution in [0.15, 0.2) is 29.2 Å². The molecule has 1 fully saturated rings. The second-order valence-electron chi connectivity index (χ2n) is 6.68. The maximum atomic E-state index is 12.8. The van der Waals surface area contributed by atoms with Crippen molar-refractivity contribution in [3.05, 3.63) is 29.8 Å². The molecule has 122 valence electrons. The first-order chi connectivity index (χ1) is 10.1. The molecule has 1 aliphatic rings. The fourth-order valence-electron chi connectivity index (χ4n) is 2.20. The highest BCUT2D eigenvalue weighted by molar-refractivity contribution is 7.89. The minimum absolute atomic E-state index is 0.121. The summed E-state index contributed by atoms with van der Waals surface area (Å²) in [5, 5.41) is 0. The fraction of sp³-hybridized carbons (Fsp3) is 0.562. The summed E-state index contributed by atoms with van der Waals surface area (Å²) in [7, 11) is -3.89. The van der Waals surface area contributed by atoms with Crippen molar-refractivity contribution in [3.8, 4) is 0 Å². The van der Waals surface area contributed by atoms with Gasteiger partial charge in [-0.05, 0) is 59.1 Å². The van der Waals surface area contributed by atoms with E-state index in [9.17, 15) is 13.2 Å². The lowest BCUT2D eigenvalue weighted by molar-refractivity contribution is 0.0284. The molecule has 1 aromatic carbocycles. The van der Waals surface area contributed by atoms with E-state index in [1.54, 1.807) is 32.9 Å². The van der Waals surface area contributed by atoms with E-state index in [0.29, 0.717) is 12.8 Å². The van der Waals surface area contributed by atoms with Gasteiger partial charge in [0.15, 0.2) is 0 Å². The van der Waals surface area contributed by atoms with Gasteiger partial charge in [0.25, 0.3) is 10.0 Å². The minimum Gasteiger partial charge on any atom is -0.443 e. The highest BCUT2D eigenvalue weighted by Crippen LogP contribution is 2.31. The molecule has 0 unspecified atom stereocenters. The Morgan fingerprint density at radius 2 is 1.73 bits per heavy atom. The molecule has 0 radical (unpaired) electrons. The molecule has 6 heteroatoms. The van der Waals surface area contributed by atoms with Gasteiger partial charge in [0.05, 0.1) is 10.9 Å². The number of aryl methyl sites for hydroxylation is 1. The number of benzene rings is 1. The summed E-state index contributed by atoms with van der Waals surface area (Å²) in [6.45, 7) is 7.06. The number of hydrogen-bond acceptors (Lipinski definition) is 4. The zero-order valence-corrected chi connectivity index (χ0v) is 14.3. The molecule has 0 N–H and O–H groups in total. The first-order valence-corrected chi connectivity index (χ1v) is 8.89. The Balaban J connectivity index is 2.36. The average Bonchev–Trinajstić information content (AvgIpc) is 2.31. The summed E-state index contributed by atoms with van der Waals surface area (Å²) in [4.78, 5) is 12.5. The Morgan fingerprint density at radius 1 is 1.18 bits per heavy atom. The Hall–Kier alpha value is -1.56. The van der Waals surface area contributed by atoms with E-state index in [4.69, 9.17) is 4.74 Å². The number of rotatable bonds is 3. The summed E-state index contributed by atoms with van der Waals surface area (Å²) in [6.07, 6.45) is 1.50. The number of amides is 1. The predicted octanol–water partition coefficient (Wildman–Crippen LogP) is 3.47. The number of carbonyl (C=O) groups excluding carboxylic acids is 1. The van der Waals surface area contributed by atoms with E-state index in [-0.39, 0.29) is 10.9 Å². The van der Waals surface area contributed by atoms with Gasteiger partial charge in [-0.3, -0.25) is 0 Å². The van der Waals surface area contributed by atoms with Crippen molar-refractivity contribution in [2.24, 2.45) is 0 Å². The second-order valence-corrected chi connectivity index (χ2v) is 8.49. The van der Waals surface area contributed by atoms with Crippen molar-refractivity contribution in [3.63, 3.8) is 0 Å². The molecule has 1 aromatic rings. The highest BCUT2D eigenvalue weighted by Gasteiger charge is 2.40. The molecule has 2 rings (SSSR count). The summed E-state index contributed by atoms with van der Waals surface area (Å²) in [5.74, 6) is 0. The Labute approximate surface area is 132 Å². The third-order valence-corrected chi connectivity index (χ3v) is 5.39. The van der Waals surface area contributed by atoms with Crippen LogP contribution in [0, 0.1) is 6.92 Å². The van der Waals surface area contributed by atoms with Crippen LogP contribution in [-0.4, -0.2) is 30.5 Å². The number of hydrogen-bond donors (Lipinski definition) is 0. The van der Waals surface area contributed by atoms with Gasteiger partial charge in [-0.2, -0.15) is 4.31 Å².